The third kappa shape index (κ3) is 4.94. The predicted octanol–water partition coefficient (Wildman–Crippen LogP) is 4.79. The highest BCUT2D eigenvalue weighted by atomic mass is 16.4. The van der Waals surface area contributed by atoms with Crippen molar-refractivity contribution in [2.24, 2.45) is 5.92 Å². The Hall–Kier alpha value is -2.89. The Balaban J connectivity index is 1.49. The number of aromatic nitrogens is 2. The quantitative estimate of drug-likeness (QED) is 0.577. The smallest absolute Gasteiger partial charge is 0.263 e. The maximum Gasteiger partial charge on any atom is 0.263 e. The lowest BCUT2D eigenvalue weighted by Crippen LogP contribution is -2.36. The molecule has 3 aromatic heterocycles. The molecule has 1 aliphatic carbocycles. The van der Waals surface area contributed by atoms with Gasteiger partial charge in [0.25, 0.3) is 5.89 Å². The van der Waals surface area contributed by atoms with Gasteiger partial charge < -0.3 is 13.7 Å². The van der Waals surface area contributed by atoms with Crippen LogP contribution in [0.1, 0.15) is 49.1 Å². The van der Waals surface area contributed by atoms with Gasteiger partial charge in [-0.05, 0) is 55.5 Å². The third-order valence-electron chi connectivity index (χ3n) is 5.62. The summed E-state index contributed by atoms with van der Waals surface area (Å²) in [6.07, 6.45) is 11.6. The van der Waals surface area contributed by atoms with Gasteiger partial charge in [0.2, 0.25) is 5.91 Å². The minimum atomic E-state index is 0.0785. The van der Waals surface area contributed by atoms with Crippen molar-refractivity contribution in [2.45, 2.75) is 52.0 Å². The summed E-state index contributed by atoms with van der Waals surface area (Å²) in [5, 5.41) is 0. The monoisotopic (exact) mass is 393 g/mol. The Labute approximate surface area is 171 Å². The van der Waals surface area contributed by atoms with Crippen LogP contribution in [-0.2, 0) is 17.8 Å². The van der Waals surface area contributed by atoms with Crippen LogP contribution in [0.25, 0.3) is 11.7 Å². The first-order chi connectivity index (χ1) is 14.2. The van der Waals surface area contributed by atoms with E-state index in [4.69, 9.17) is 8.83 Å². The number of hydrogen-bond acceptors (Lipinski definition) is 5. The highest BCUT2D eigenvalue weighted by Gasteiger charge is 2.24. The molecule has 0 atom stereocenters. The number of hydrogen-bond donors (Lipinski definition) is 0. The minimum absolute atomic E-state index is 0.0785. The Morgan fingerprint density at radius 1 is 1.17 bits per heavy atom. The van der Waals surface area contributed by atoms with Gasteiger partial charge in [0.1, 0.15) is 5.76 Å². The molecule has 0 N–H and O–H groups in total. The molecule has 6 nitrogen and oxygen atoms in total. The molecule has 0 radical (unpaired) electrons. The molecule has 0 unspecified atom stereocenters. The lowest BCUT2D eigenvalue weighted by atomic mass is 9.89. The van der Waals surface area contributed by atoms with E-state index in [1.807, 2.05) is 24.0 Å². The summed E-state index contributed by atoms with van der Waals surface area (Å²) in [7, 11) is 0. The van der Waals surface area contributed by atoms with Crippen LogP contribution in [-0.4, -0.2) is 27.3 Å². The van der Waals surface area contributed by atoms with Crippen LogP contribution in [0.2, 0.25) is 0 Å². The Morgan fingerprint density at radius 2 is 1.97 bits per heavy atom. The highest BCUT2D eigenvalue weighted by Crippen LogP contribution is 2.26. The minimum Gasteiger partial charge on any atom is -0.459 e. The molecule has 0 saturated heterocycles. The van der Waals surface area contributed by atoms with Gasteiger partial charge in [-0.2, -0.15) is 0 Å². The van der Waals surface area contributed by atoms with E-state index in [1.54, 1.807) is 30.8 Å². The third-order valence-corrected chi connectivity index (χ3v) is 5.62. The molecule has 1 saturated carbocycles. The summed E-state index contributed by atoms with van der Waals surface area (Å²) in [5.41, 5.74) is 1.77. The van der Waals surface area contributed by atoms with Gasteiger partial charge in [0.05, 0.1) is 18.4 Å². The van der Waals surface area contributed by atoms with Crippen LogP contribution < -0.4 is 0 Å². The summed E-state index contributed by atoms with van der Waals surface area (Å²) in [5.74, 6) is 2.30. The van der Waals surface area contributed by atoms with E-state index in [2.05, 4.69) is 9.97 Å². The molecule has 0 aromatic carbocycles. The molecule has 1 fully saturated rings. The predicted molar refractivity (Wildman–Crippen MR) is 109 cm³/mol. The zero-order chi connectivity index (χ0) is 20.1. The summed E-state index contributed by atoms with van der Waals surface area (Å²) in [6.45, 7) is 3.24. The molecule has 6 heteroatoms. The van der Waals surface area contributed by atoms with Crippen molar-refractivity contribution < 1.29 is 13.6 Å². The van der Waals surface area contributed by atoms with E-state index in [9.17, 15) is 4.79 Å². The molecule has 0 bridgehead atoms. The van der Waals surface area contributed by atoms with Crippen molar-refractivity contribution in [3.63, 3.8) is 0 Å². The molecule has 1 aliphatic rings. The van der Waals surface area contributed by atoms with E-state index in [-0.39, 0.29) is 12.3 Å². The average Bonchev–Trinajstić information content (AvgIpc) is 3.39. The first-order valence-corrected chi connectivity index (χ1v) is 10.4. The lowest BCUT2D eigenvalue weighted by Gasteiger charge is -2.30. The number of furan rings is 1. The largest absolute Gasteiger partial charge is 0.459 e. The molecule has 0 spiro atoms. The molecule has 0 aliphatic heterocycles. The van der Waals surface area contributed by atoms with Crippen molar-refractivity contribution in [1.82, 2.24) is 14.9 Å². The van der Waals surface area contributed by atoms with E-state index in [1.165, 1.54) is 32.1 Å². The Morgan fingerprint density at radius 3 is 2.69 bits per heavy atom. The van der Waals surface area contributed by atoms with Gasteiger partial charge in [-0.25, -0.2) is 4.98 Å². The van der Waals surface area contributed by atoms with Gasteiger partial charge in [0, 0.05) is 25.5 Å². The van der Waals surface area contributed by atoms with Gasteiger partial charge in [-0.3, -0.25) is 9.78 Å². The molecule has 29 heavy (non-hydrogen) atoms. The van der Waals surface area contributed by atoms with Crippen molar-refractivity contribution in [3.8, 4) is 11.7 Å². The van der Waals surface area contributed by atoms with Crippen LogP contribution >= 0.6 is 0 Å². The van der Waals surface area contributed by atoms with Crippen LogP contribution in [0.4, 0.5) is 0 Å². The summed E-state index contributed by atoms with van der Waals surface area (Å²) >= 11 is 0. The fourth-order valence-corrected chi connectivity index (χ4v) is 4.00. The van der Waals surface area contributed by atoms with Crippen LogP contribution in [0.15, 0.2) is 51.8 Å². The Bertz CT molecular complexity index is 912. The van der Waals surface area contributed by atoms with E-state index >= 15 is 0 Å². The number of pyridine rings is 1. The van der Waals surface area contributed by atoms with Gasteiger partial charge in [0.15, 0.2) is 5.76 Å². The normalized spacial score (nSPS) is 14.8. The fraction of sp³-hybridized carbons (Fsp3) is 0.435. The van der Waals surface area contributed by atoms with Crippen molar-refractivity contribution in [2.75, 3.05) is 6.54 Å². The number of amides is 1. The maximum atomic E-state index is 13.2. The Kier molecular flexibility index (Phi) is 6.08. The molecular weight excluding hydrogens is 366 g/mol. The summed E-state index contributed by atoms with van der Waals surface area (Å²) in [4.78, 5) is 23.8. The lowest BCUT2D eigenvalue weighted by molar-refractivity contribution is -0.132. The zero-order valence-electron chi connectivity index (χ0n) is 16.8. The average molecular weight is 393 g/mol. The first-order valence-electron chi connectivity index (χ1n) is 10.4. The molecule has 3 aromatic rings. The SMILES string of the molecule is Cc1oc(-c2ccco2)nc1CC(=O)N(Cc1ccncc1)CC1CCCCC1. The van der Waals surface area contributed by atoms with E-state index < -0.39 is 0 Å². The fourth-order valence-electron chi connectivity index (χ4n) is 4.00. The topological polar surface area (TPSA) is 72.4 Å². The maximum absolute atomic E-state index is 13.2. The van der Waals surface area contributed by atoms with Crippen molar-refractivity contribution in [3.05, 3.63) is 59.9 Å². The van der Waals surface area contributed by atoms with Crippen LogP contribution in [0.5, 0.6) is 0 Å². The van der Waals surface area contributed by atoms with Gasteiger partial charge >= 0.3 is 0 Å². The number of nitrogens with zero attached hydrogens (tertiary/aromatic N) is 3. The molecule has 152 valence electrons. The molecular formula is C23H27N3O3. The molecule has 1 amide bonds. The van der Waals surface area contributed by atoms with Crippen molar-refractivity contribution >= 4 is 5.91 Å². The number of oxazole rings is 1. The first kappa shape index (κ1) is 19.4. The molecule has 3 heterocycles. The van der Waals surface area contributed by atoms with Gasteiger partial charge in [-0.1, -0.05) is 19.3 Å². The standard InChI is InChI=1S/C23H27N3O3/c1-17-20(25-23(29-17)21-8-5-13-28-21)14-22(27)26(15-18-6-3-2-4-7-18)16-19-9-11-24-12-10-19/h5,8-13,18H,2-4,6-7,14-16H2,1H3. The number of aryl methyl sites for hydroxylation is 1. The second-order valence-electron chi connectivity index (χ2n) is 7.81. The zero-order valence-corrected chi connectivity index (χ0v) is 16.8. The second kappa shape index (κ2) is 9.07. The van der Waals surface area contributed by atoms with Crippen LogP contribution in [0.3, 0.4) is 0 Å². The molecule has 4 rings (SSSR count). The van der Waals surface area contributed by atoms with E-state index in [0.29, 0.717) is 35.6 Å². The number of carbonyl (C=O) groups excluding carboxylic acids is 1. The summed E-state index contributed by atoms with van der Waals surface area (Å²) < 4.78 is 11.1. The second-order valence-corrected chi connectivity index (χ2v) is 7.81. The van der Waals surface area contributed by atoms with Gasteiger partial charge in [-0.15, -0.1) is 0 Å². The highest BCUT2D eigenvalue weighted by molar-refractivity contribution is 5.78. The van der Waals surface area contributed by atoms with Crippen LogP contribution in [0, 0.1) is 12.8 Å². The number of carbonyl (C=O) groups is 1. The van der Waals surface area contributed by atoms with Crippen molar-refractivity contribution in [1.29, 1.82) is 0 Å². The van der Waals surface area contributed by atoms with E-state index in [0.717, 1.165) is 12.1 Å². The number of rotatable bonds is 7. The summed E-state index contributed by atoms with van der Waals surface area (Å²) in [6, 6.07) is 7.53.